The second kappa shape index (κ2) is 7.04. The van der Waals surface area contributed by atoms with Gasteiger partial charge in [-0.2, -0.15) is 0 Å². The smallest absolute Gasteiger partial charge is 0.237 e. The van der Waals surface area contributed by atoms with Crippen LogP contribution in [0.15, 0.2) is 24.3 Å². The second-order valence-electron chi connectivity index (χ2n) is 8.26. The first-order valence-corrected chi connectivity index (χ1v) is 8.85. The zero-order chi connectivity index (χ0) is 17.2. The van der Waals surface area contributed by atoms with Gasteiger partial charge in [0.2, 0.25) is 5.91 Å². The number of carbonyl (C=O) groups excluding carboxylic acids is 1. The Hall–Kier alpha value is -1.35. The first kappa shape index (κ1) is 18.0. The van der Waals surface area contributed by atoms with Crippen molar-refractivity contribution < 1.29 is 4.79 Å². The van der Waals surface area contributed by atoms with Gasteiger partial charge in [-0.15, -0.1) is 0 Å². The lowest BCUT2D eigenvalue weighted by molar-refractivity contribution is -0.123. The molecule has 1 aromatic rings. The van der Waals surface area contributed by atoms with Crippen LogP contribution in [0.3, 0.4) is 0 Å². The molecule has 128 valence electrons. The SMILES string of the molecule is CC(C)[C@H](N[C@@H](C)C(=O)NC1CC1)c1ccc(C(C)(C)C)cc1. The van der Waals surface area contributed by atoms with Crippen molar-refractivity contribution in [3.63, 3.8) is 0 Å². The molecule has 0 spiro atoms. The summed E-state index contributed by atoms with van der Waals surface area (Å²) < 4.78 is 0. The molecule has 0 radical (unpaired) electrons. The Kier molecular flexibility index (Phi) is 5.51. The fraction of sp³-hybridized carbons (Fsp3) is 0.650. The Morgan fingerprint density at radius 2 is 1.65 bits per heavy atom. The molecule has 1 fully saturated rings. The van der Waals surface area contributed by atoms with Gasteiger partial charge in [0.1, 0.15) is 0 Å². The number of rotatable bonds is 6. The topological polar surface area (TPSA) is 41.1 Å². The van der Waals surface area contributed by atoms with Crippen molar-refractivity contribution in [2.45, 2.75) is 77.9 Å². The molecular formula is C20H32N2O. The van der Waals surface area contributed by atoms with Crippen LogP contribution in [0.5, 0.6) is 0 Å². The zero-order valence-electron chi connectivity index (χ0n) is 15.4. The molecule has 0 aliphatic heterocycles. The van der Waals surface area contributed by atoms with Crippen LogP contribution in [0, 0.1) is 5.92 Å². The molecule has 3 heteroatoms. The van der Waals surface area contributed by atoms with Crippen molar-refractivity contribution in [1.29, 1.82) is 0 Å². The summed E-state index contributed by atoms with van der Waals surface area (Å²) in [4.78, 5) is 12.2. The van der Waals surface area contributed by atoms with Crippen molar-refractivity contribution in [3.8, 4) is 0 Å². The van der Waals surface area contributed by atoms with E-state index < -0.39 is 0 Å². The molecule has 0 bridgehead atoms. The van der Waals surface area contributed by atoms with Crippen molar-refractivity contribution >= 4 is 5.91 Å². The van der Waals surface area contributed by atoms with Gasteiger partial charge in [-0.1, -0.05) is 58.9 Å². The molecule has 23 heavy (non-hydrogen) atoms. The maximum atomic E-state index is 12.2. The molecule has 2 N–H and O–H groups in total. The molecule has 0 unspecified atom stereocenters. The largest absolute Gasteiger partial charge is 0.352 e. The van der Waals surface area contributed by atoms with Crippen LogP contribution in [0.2, 0.25) is 0 Å². The van der Waals surface area contributed by atoms with Crippen molar-refractivity contribution in [2.24, 2.45) is 5.92 Å². The monoisotopic (exact) mass is 316 g/mol. The summed E-state index contributed by atoms with van der Waals surface area (Å²) in [5, 5.41) is 6.59. The molecule has 3 nitrogen and oxygen atoms in total. The quantitative estimate of drug-likeness (QED) is 0.834. The molecule has 1 saturated carbocycles. The Labute approximate surface area is 141 Å². The average Bonchev–Trinajstić information content (AvgIpc) is 3.27. The number of benzene rings is 1. The van der Waals surface area contributed by atoms with E-state index >= 15 is 0 Å². The van der Waals surface area contributed by atoms with E-state index in [4.69, 9.17) is 0 Å². The van der Waals surface area contributed by atoms with E-state index in [-0.39, 0.29) is 23.4 Å². The molecule has 0 heterocycles. The lowest BCUT2D eigenvalue weighted by Gasteiger charge is -2.27. The van der Waals surface area contributed by atoms with Gasteiger partial charge in [-0.25, -0.2) is 0 Å². The van der Waals surface area contributed by atoms with Gasteiger partial charge in [0.15, 0.2) is 0 Å². The fourth-order valence-electron chi connectivity index (χ4n) is 2.76. The van der Waals surface area contributed by atoms with Gasteiger partial charge < -0.3 is 5.32 Å². The van der Waals surface area contributed by atoms with Crippen molar-refractivity contribution in [2.75, 3.05) is 0 Å². The molecular weight excluding hydrogens is 284 g/mol. The van der Waals surface area contributed by atoms with Crippen LogP contribution >= 0.6 is 0 Å². The number of nitrogens with one attached hydrogen (secondary N) is 2. The summed E-state index contributed by atoms with van der Waals surface area (Å²) >= 11 is 0. The van der Waals surface area contributed by atoms with E-state index in [1.54, 1.807) is 0 Å². The maximum absolute atomic E-state index is 12.2. The van der Waals surface area contributed by atoms with E-state index in [0.29, 0.717) is 12.0 Å². The van der Waals surface area contributed by atoms with Crippen molar-refractivity contribution in [1.82, 2.24) is 10.6 Å². The van der Waals surface area contributed by atoms with Gasteiger partial charge in [-0.3, -0.25) is 10.1 Å². The lowest BCUT2D eigenvalue weighted by Crippen LogP contribution is -2.45. The van der Waals surface area contributed by atoms with E-state index in [2.05, 4.69) is 69.5 Å². The Morgan fingerprint density at radius 1 is 1.09 bits per heavy atom. The molecule has 1 aromatic carbocycles. The molecule has 0 saturated heterocycles. The zero-order valence-corrected chi connectivity index (χ0v) is 15.4. The molecule has 0 aromatic heterocycles. The van der Waals surface area contributed by atoms with Gasteiger partial charge in [-0.05, 0) is 42.2 Å². The maximum Gasteiger partial charge on any atom is 0.237 e. The van der Waals surface area contributed by atoms with E-state index in [1.807, 2.05) is 6.92 Å². The van der Waals surface area contributed by atoms with Gasteiger partial charge >= 0.3 is 0 Å². The Morgan fingerprint density at radius 3 is 2.09 bits per heavy atom. The summed E-state index contributed by atoms with van der Waals surface area (Å²) in [6, 6.07) is 9.24. The third kappa shape index (κ3) is 5.07. The standard InChI is InChI=1S/C20H32N2O/c1-13(2)18(21-14(3)19(23)22-17-11-12-17)15-7-9-16(10-8-15)20(4,5)6/h7-10,13-14,17-18,21H,11-12H2,1-6H3,(H,22,23)/t14-,18-/m0/s1. The highest BCUT2D eigenvalue weighted by Gasteiger charge is 2.27. The third-order valence-electron chi connectivity index (χ3n) is 4.55. The summed E-state index contributed by atoms with van der Waals surface area (Å²) in [7, 11) is 0. The Balaban J connectivity index is 2.06. The minimum absolute atomic E-state index is 0.115. The molecule has 1 aliphatic rings. The highest BCUT2D eigenvalue weighted by molar-refractivity contribution is 5.81. The summed E-state index contributed by atoms with van der Waals surface area (Å²) in [6.07, 6.45) is 2.25. The number of hydrogen-bond donors (Lipinski definition) is 2. The summed E-state index contributed by atoms with van der Waals surface area (Å²) in [6.45, 7) is 13.0. The fourth-order valence-corrected chi connectivity index (χ4v) is 2.76. The van der Waals surface area contributed by atoms with E-state index in [0.717, 1.165) is 12.8 Å². The average molecular weight is 316 g/mol. The predicted octanol–water partition coefficient (Wildman–Crippen LogP) is 3.94. The highest BCUT2D eigenvalue weighted by Crippen LogP contribution is 2.27. The highest BCUT2D eigenvalue weighted by atomic mass is 16.2. The van der Waals surface area contributed by atoms with Crippen LogP contribution in [0.1, 0.15) is 71.6 Å². The van der Waals surface area contributed by atoms with Crippen LogP contribution in [-0.4, -0.2) is 18.0 Å². The summed E-state index contributed by atoms with van der Waals surface area (Å²) in [5.74, 6) is 0.538. The molecule has 1 amide bonds. The second-order valence-corrected chi connectivity index (χ2v) is 8.26. The predicted molar refractivity (Wildman–Crippen MR) is 96.5 cm³/mol. The van der Waals surface area contributed by atoms with Crippen LogP contribution in [0.25, 0.3) is 0 Å². The first-order chi connectivity index (χ1) is 10.7. The third-order valence-corrected chi connectivity index (χ3v) is 4.55. The van der Waals surface area contributed by atoms with Gasteiger partial charge in [0.05, 0.1) is 6.04 Å². The van der Waals surface area contributed by atoms with Crippen molar-refractivity contribution in [3.05, 3.63) is 35.4 Å². The summed E-state index contributed by atoms with van der Waals surface area (Å²) in [5.41, 5.74) is 2.75. The first-order valence-electron chi connectivity index (χ1n) is 8.85. The molecule has 2 rings (SSSR count). The minimum Gasteiger partial charge on any atom is -0.352 e. The van der Waals surface area contributed by atoms with Gasteiger partial charge in [0.25, 0.3) is 0 Å². The Bertz CT molecular complexity index is 524. The molecule has 1 aliphatic carbocycles. The van der Waals surface area contributed by atoms with Gasteiger partial charge in [0, 0.05) is 12.1 Å². The number of amides is 1. The molecule has 2 atom stereocenters. The van der Waals surface area contributed by atoms with E-state index in [1.165, 1.54) is 11.1 Å². The van der Waals surface area contributed by atoms with E-state index in [9.17, 15) is 4.79 Å². The number of carbonyl (C=O) groups is 1. The lowest BCUT2D eigenvalue weighted by atomic mass is 9.85. The normalized spacial score (nSPS) is 17.9. The van der Waals surface area contributed by atoms with Crippen LogP contribution in [-0.2, 0) is 10.2 Å². The minimum atomic E-state index is -0.176. The van der Waals surface area contributed by atoms with Crippen LogP contribution < -0.4 is 10.6 Å². The van der Waals surface area contributed by atoms with Crippen LogP contribution in [0.4, 0.5) is 0 Å². The number of hydrogen-bond acceptors (Lipinski definition) is 2.